The minimum atomic E-state index is -3.84. The van der Waals surface area contributed by atoms with Crippen molar-refractivity contribution in [2.45, 2.75) is 44.6 Å². The molecule has 0 saturated heterocycles. The number of nitrogens with one attached hydrogen (secondary N) is 1. The predicted octanol–water partition coefficient (Wildman–Crippen LogP) is 3.50. The number of aryl methyl sites for hydroxylation is 1. The molecule has 1 unspecified atom stereocenters. The van der Waals surface area contributed by atoms with Crippen molar-refractivity contribution in [3.05, 3.63) is 60.2 Å². The average molecular weight is 375 g/mol. The van der Waals surface area contributed by atoms with E-state index in [2.05, 4.69) is 5.32 Å². The summed E-state index contributed by atoms with van der Waals surface area (Å²) in [7, 11) is -3.84. The highest BCUT2D eigenvalue weighted by Crippen LogP contribution is 2.24. The van der Waals surface area contributed by atoms with Crippen LogP contribution in [0.4, 0.5) is 5.69 Å². The summed E-state index contributed by atoms with van der Waals surface area (Å²) < 4.78 is 27.4. The lowest BCUT2D eigenvalue weighted by Crippen LogP contribution is -2.43. The van der Waals surface area contributed by atoms with Gasteiger partial charge in [-0.3, -0.25) is 9.10 Å². The molecule has 2 aromatic rings. The maximum atomic E-state index is 13.1. The van der Waals surface area contributed by atoms with Gasteiger partial charge in [-0.1, -0.05) is 43.7 Å². The van der Waals surface area contributed by atoms with Crippen molar-refractivity contribution in [1.29, 1.82) is 0 Å². The van der Waals surface area contributed by atoms with Gasteiger partial charge in [-0.15, -0.1) is 0 Å². The lowest BCUT2D eigenvalue weighted by atomic mass is 10.2. The summed E-state index contributed by atoms with van der Waals surface area (Å²) in [4.78, 5) is 12.6. The fourth-order valence-electron chi connectivity index (χ4n) is 2.77. The van der Waals surface area contributed by atoms with Crippen molar-refractivity contribution < 1.29 is 13.2 Å². The number of benzene rings is 2. The number of hydrogen-bond donors (Lipinski definition) is 1. The lowest BCUT2D eigenvalue weighted by molar-refractivity contribution is -0.120. The van der Waals surface area contributed by atoms with Gasteiger partial charge >= 0.3 is 0 Å². The topological polar surface area (TPSA) is 66.5 Å². The molecule has 0 aliphatic carbocycles. The Hall–Kier alpha value is -2.34. The zero-order chi connectivity index (χ0) is 19.2. The van der Waals surface area contributed by atoms with Gasteiger partial charge in [0, 0.05) is 6.04 Å². The first kappa shape index (κ1) is 20.0. The summed E-state index contributed by atoms with van der Waals surface area (Å²) in [6, 6.07) is 15.3. The quantitative estimate of drug-likeness (QED) is 0.769. The van der Waals surface area contributed by atoms with E-state index in [4.69, 9.17) is 0 Å². The van der Waals surface area contributed by atoms with Crippen LogP contribution >= 0.6 is 0 Å². The summed E-state index contributed by atoms with van der Waals surface area (Å²) >= 11 is 0. The highest BCUT2D eigenvalue weighted by atomic mass is 32.2. The predicted molar refractivity (Wildman–Crippen MR) is 105 cm³/mol. The standard InChI is InChI=1S/C20H26N2O3S/c1-4-9-17(3)21-20(23)15-22(18-11-8-10-16(2)14-18)26(24,25)19-12-6-5-7-13-19/h5-8,10-14,17H,4,9,15H2,1-3H3,(H,21,23). The van der Waals surface area contributed by atoms with E-state index in [1.807, 2.05) is 26.8 Å². The van der Waals surface area contributed by atoms with Gasteiger partial charge in [0.25, 0.3) is 10.0 Å². The molecule has 26 heavy (non-hydrogen) atoms. The SMILES string of the molecule is CCCC(C)NC(=O)CN(c1cccc(C)c1)S(=O)(=O)c1ccccc1. The van der Waals surface area contributed by atoms with Crippen LogP contribution in [0.5, 0.6) is 0 Å². The van der Waals surface area contributed by atoms with E-state index in [-0.39, 0.29) is 23.4 Å². The van der Waals surface area contributed by atoms with Crippen LogP contribution in [0.15, 0.2) is 59.5 Å². The third-order valence-electron chi connectivity index (χ3n) is 4.04. The molecular weight excluding hydrogens is 348 g/mol. The second kappa shape index (κ2) is 8.85. The van der Waals surface area contributed by atoms with Gasteiger partial charge in [0.1, 0.15) is 6.54 Å². The molecule has 0 aromatic heterocycles. The molecule has 0 fully saturated rings. The summed E-state index contributed by atoms with van der Waals surface area (Å²) in [5, 5.41) is 2.87. The fraction of sp³-hybridized carbons (Fsp3) is 0.350. The summed E-state index contributed by atoms with van der Waals surface area (Å²) in [6.07, 6.45) is 1.80. The zero-order valence-electron chi connectivity index (χ0n) is 15.5. The molecule has 0 spiro atoms. The van der Waals surface area contributed by atoms with E-state index in [0.29, 0.717) is 5.69 Å². The van der Waals surface area contributed by atoms with Crippen LogP contribution in [0.2, 0.25) is 0 Å². The number of carbonyl (C=O) groups excluding carboxylic acids is 1. The maximum Gasteiger partial charge on any atom is 0.264 e. The van der Waals surface area contributed by atoms with Crippen LogP contribution < -0.4 is 9.62 Å². The molecule has 5 nitrogen and oxygen atoms in total. The minimum absolute atomic E-state index is 0.00582. The zero-order valence-corrected chi connectivity index (χ0v) is 16.3. The molecular formula is C20H26N2O3S. The lowest BCUT2D eigenvalue weighted by Gasteiger charge is -2.25. The Morgan fingerprint density at radius 3 is 2.42 bits per heavy atom. The smallest absolute Gasteiger partial charge is 0.264 e. The van der Waals surface area contributed by atoms with Gasteiger partial charge < -0.3 is 5.32 Å². The van der Waals surface area contributed by atoms with Gasteiger partial charge in [0.05, 0.1) is 10.6 Å². The molecule has 2 aromatic carbocycles. The molecule has 0 bridgehead atoms. The Morgan fingerprint density at radius 2 is 1.81 bits per heavy atom. The van der Waals surface area contributed by atoms with Crippen LogP contribution in [0, 0.1) is 6.92 Å². The first-order chi connectivity index (χ1) is 12.3. The number of sulfonamides is 1. The number of anilines is 1. The van der Waals surface area contributed by atoms with Crippen molar-refractivity contribution in [2.24, 2.45) is 0 Å². The van der Waals surface area contributed by atoms with E-state index < -0.39 is 10.0 Å². The molecule has 6 heteroatoms. The average Bonchev–Trinajstić information content (AvgIpc) is 2.60. The number of rotatable bonds is 8. The van der Waals surface area contributed by atoms with E-state index in [9.17, 15) is 13.2 Å². The summed E-state index contributed by atoms with van der Waals surface area (Å²) in [5.74, 6) is -0.313. The molecule has 2 rings (SSSR count). The molecule has 1 N–H and O–H groups in total. The Labute approximate surface area is 156 Å². The normalized spacial score (nSPS) is 12.4. The highest BCUT2D eigenvalue weighted by Gasteiger charge is 2.27. The van der Waals surface area contributed by atoms with Crippen molar-refractivity contribution in [1.82, 2.24) is 5.32 Å². The van der Waals surface area contributed by atoms with E-state index in [0.717, 1.165) is 18.4 Å². The Balaban J connectivity index is 2.36. The molecule has 1 atom stereocenters. The second-order valence-electron chi connectivity index (χ2n) is 6.42. The van der Waals surface area contributed by atoms with E-state index >= 15 is 0 Å². The van der Waals surface area contributed by atoms with Crippen molar-refractivity contribution in [2.75, 3.05) is 10.8 Å². The third kappa shape index (κ3) is 5.08. The minimum Gasteiger partial charge on any atom is -0.352 e. The van der Waals surface area contributed by atoms with Crippen LogP contribution in [0.25, 0.3) is 0 Å². The number of hydrogen-bond acceptors (Lipinski definition) is 3. The maximum absolute atomic E-state index is 13.1. The molecule has 0 aliphatic heterocycles. The van der Waals surface area contributed by atoms with E-state index in [1.165, 1.54) is 16.4 Å². The van der Waals surface area contributed by atoms with Crippen LogP contribution in [-0.2, 0) is 14.8 Å². The molecule has 0 heterocycles. The number of amides is 1. The fourth-order valence-corrected chi connectivity index (χ4v) is 4.21. The third-order valence-corrected chi connectivity index (χ3v) is 5.83. The molecule has 0 saturated carbocycles. The van der Waals surface area contributed by atoms with Gasteiger partial charge in [-0.2, -0.15) is 0 Å². The highest BCUT2D eigenvalue weighted by molar-refractivity contribution is 7.92. The molecule has 0 aliphatic rings. The first-order valence-corrected chi connectivity index (χ1v) is 10.2. The summed E-state index contributed by atoms with van der Waals surface area (Å²) in [6.45, 7) is 5.60. The Bertz CT molecular complexity index is 835. The Morgan fingerprint density at radius 1 is 1.12 bits per heavy atom. The van der Waals surface area contributed by atoms with Crippen LogP contribution in [-0.4, -0.2) is 26.9 Å². The Kier molecular flexibility index (Phi) is 6.80. The second-order valence-corrected chi connectivity index (χ2v) is 8.28. The number of carbonyl (C=O) groups is 1. The number of nitrogens with zero attached hydrogens (tertiary/aromatic N) is 1. The van der Waals surface area contributed by atoms with Gasteiger partial charge in [0.2, 0.25) is 5.91 Å². The van der Waals surface area contributed by atoms with E-state index in [1.54, 1.807) is 36.4 Å². The molecule has 0 radical (unpaired) electrons. The van der Waals surface area contributed by atoms with Crippen molar-refractivity contribution >= 4 is 21.6 Å². The van der Waals surface area contributed by atoms with Gasteiger partial charge in [0.15, 0.2) is 0 Å². The van der Waals surface area contributed by atoms with Gasteiger partial charge in [-0.25, -0.2) is 8.42 Å². The van der Waals surface area contributed by atoms with Crippen LogP contribution in [0.1, 0.15) is 32.3 Å². The largest absolute Gasteiger partial charge is 0.352 e. The monoisotopic (exact) mass is 374 g/mol. The molecule has 1 amide bonds. The van der Waals surface area contributed by atoms with Crippen molar-refractivity contribution in [3.8, 4) is 0 Å². The molecule has 140 valence electrons. The summed E-state index contributed by atoms with van der Waals surface area (Å²) in [5.41, 5.74) is 1.41. The van der Waals surface area contributed by atoms with Gasteiger partial charge in [-0.05, 0) is 50.1 Å². The first-order valence-electron chi connectivity index (χ1n) is 8.78. The van der Waals surface area contributed by atoms with Crippen molar-refractivity contribution in [3.63, 3.8) is 0 Å². The van der Waals surface area contributed by atoms with Crippen LogP contribution in [0.3, 0.4) is 0 Å².